The Morgan fingerprint density at radius 3 is 2.88 bits per heavy atom. The summed E-state index contributed by atoms with van der Waals surface area (Å²) in [6.45, 7) is 0. The number of aryl methyl sites for hydroxylation is 1. The molecule has 0 aliphatic rings. The molecule has 1 nitrogen and oxygen atoms in total. The minimum atomic E-state index is -0.512. The molecule has 1 unspecified atom stereocenters. The maximum Gasteiger partial charge on any atom is 0.0808 e. The molecule has 2 rings (SSSR count). The predicted molar refractivity (Wildman–Crippen MR) is 76.8 cm³/mol. The fraction of sp³-hybridized carbons (Fsp3) is 0.231. The van der Waals surface area contributed by atoms with Gasteiger partial charge in [0.05, 0.1) is 6.10 Å². The average Bonchev–Trinajstić information content (AvgIpc) is 2.82. The van der Waals surface area contributed by atoms with E-state index in [9.17, 15) is 5.11 Å². The van der Waals surface area contributed by atoms with Crippen molar-refractivity contribution < 1.29 is 5.11 Å². The van der Waals surface area contributed by atoms with E-state index in [0.717, 1.165) is 16.5 Å². The second kappa shape index (κ2) is 6.01. The number of thiophene rings is 1. The van der Waals surface area contributed by atoms with Gasteiger partial charge in [0.1, 0.15) is 0 Å². The van der Waals surface area contributed by atoms with Gasteiger partial charge in [-0.05, 0) is 42.5 Å². The average molecular weight is 332 g/mol. The lowest BCUT2D eigenvalue weighted by Gasteiger charge is -2.12. The molecule has 0 fully saturated rings. The first-order chi connectivity index (χ1) is 8.16. The molecule has 1 heterocycles. The van der Waals surface area contributed by atoms with Crippen LogP contribution in [-0.4, -0.2) is 5.11 Å². The van der Waals surface area contributed by atoms with Gasteiger partial charge in [-0.1, -0.05) is 33.6 Å². The van der Waals surface area contributed by atoms with Crippen molar-refractivity contribution in [1.82, 2.24) is 0 Å². The first-order valence-corrected chi connectivity index (χ1v) is 7.37. The van der Waals surface area contributed by atoms with Crippen molar-refractivity contribution >= 4 is 38.9 Å². The van der Waals surface area contributed by atoms with Crippen LogP contribution in [0.25, 0.3) is 0 Å². The zero-order chi connectivity index (χ0) is 12.3. The highest BCUT2D eigenvalue weighted by atomic mass is 79.9. The van der Waals surface area contributed by atoms with Crippen molar-refractivity contribution in [2.24, 2.45) is 0 Å². The Morgan fingerprint density at radius 1 is 1.35 bits per heavy atom. The molecule has 0 spiro atoms. The van der Waals surface area contributed by atoms with E-state index in [1.807, 2.05) is 23.6 Å². The van der Waals surface area contributed by atoms with Crippen molar-refractivity contribution in [2.45, 2.75) is 18.9 Å². The molecule has 0 aliphatic heterocycles. The third-order valence-electron chi connectivity index (χ3n) is 2.56. The van der Waals surface area contributed by atoms with Gasteiger partial charge in [-0.3, -0.25) is 0 Å². The molecule has 0 bridgehead atoms. The number of hydrogen-bond donors (Lipinski definition) is 1. The molecule has 0 saturated heterocycles. The molecule has 1 aromatic carbocycles. The van der Waals surface area contributed by atoms with Gasteiger partial charge in [-0.15, -0.1) is 11.3 Å². The van der Waals surface area contributed by atoms with Gasteiger partial charge in [0, 0.05) is 19.9 Å². The molecule has 0 aliphatic carbocycles. The minimum Gasteiger partial charge on any atom is -0.388 e. The topological polar surface area (TPSA) is 20.2 Å². The third-order valence-corrected chi connectivity index (χ3v) is 4.33. The van der Waals surface area contributed by atoms with Crippen molar-refractivity contribution in [2.75, 3.05) is 0 Å². The lowest BCUT2D eigenvalue weighted by Crippen LogP contribution is -2.00. The smallest absolute Gasteiger partial charge is 0.0808 e. The van der Waals surface area contributed by atoms with Crippen LogP contribution < -0.4 is 0 Å². The van der Waals surface area contributed by atoms with Crippen LogP contribution in [0, 0.1) is 0 Å². The summed E-state index contributed by atoms with van der Waals surface area (Å²) < 4.78 is 0.937. The summed E-state index contributed by atoms with van der Waals surface area (Å²) in [5, 5.41) is 12.8. The van der Waals surface area contributed by atoms with E-state index in [2.05, 4.69) is 22.0 Å². The van der Waals surface area contributed by atoms with Crippen molar-refractivity contribution in [1.29, 1.82) is 0 Å². The van der Waals surface area contributed by atoms with Crippen LogP contribution >= 0.6 is 38.9 Å². The van der Waals surface area contributed by atoms with Gasteiger partial charge in [0.25, 0.3) is 0 Å². The Labute approximate surface area is 118 Å². The summed E-state index contributed by atoms with van der Waals surface area (Å²) in [5.41, 5.74) is 0.789. The Morgan fingerprint density at radius 2 is 2.18 bits per heavy atom. The van der Waals surface area contributed by atoms with Crippen LogP contribution in [0.5, 0.6) is 0 Å². The highest BCUT2D eigenvalue weighted by Gasteiger charge is 2.12. The van der Waals surface area contributed by atoms with E-state index in [4.69, 9.17) is 11.6 Å². The summed E-state index contributed by atoms with van der Waals surface area (Å²) >= 11 is 11.2. The lowest BCUT2D eigenvalue weighted by molar-refractivity contribution is 0.168. The first kappa shape index (κ1) is 13.1. The van der Waals surface area contributed by atoms with Crippen molar-refractivity contribution in [3.63, 3.8) is 0 Å². The minimum absolute atomic E-state index is 0.512. The third kappa shape index (κ3) is 3.55. The largest absolute Gasteiger partial charge is 0.388 e. The molecule has 1 aromatic heterocycles. The summed E-state index contributed by atoms with van der Waals surface area (Å²) in [5.74, 6) is 0. The first-order valence-electron chi connectivity index (χ1n) is 5.32. The molecule has 1 N–H and O–H groups in total. The van der Waals surface area contributed by atoms with Gasteiger partial charge in [-0.25, -0.2) is 0 Å². The summed E-state index contributed by atoms with van der Waals surface area (Å²) in [7, 11) is 0. The van der Waals surface area contributed by atoms with Gasteiger partial charge in [-0.2, -0.15) is 0 Å². The standard InChI is InChI=1S/C13H12BrClOS/c14-9-3-5-12(15)11(8-9)13(16)6-4-10-2-1-7-17-10/h1-3,5,7-8,13,16H,4,6H2. The SMILES string of the molecule is OC(CCc1cccs1)c1cc(Br)ccc1Cl. The normalized spacial score (nSPS) is 12.6. The highest BCUT2D eigenvalue weighted by molar-refractivity contribution is 9.10. The van der Waals surface area contributed by atoms with Gasteiger partial charge in [0.2, 0.25) is 0 Å². The Kier molecular flexibility index (Phi) is 4.62. The molecule has 0 radical (unpaired) electrons. The Hall–Kier alpha value is -0.350. The van der Waals surface area contributed by atoms with E-state index < -0.39 is 6.10 Å². The number of halogens is 2. The van der Waals surface area contributed by atoms with Gasteiger partial charge < -0.3 is 5.11 Å². The number of aliphatic hydroxyl groups excluding tert-OH is 1. The number of hydrogen-bond acceptors (Lipinski definition) is 2. The quantitative estimate of drug-likeness (QED) is 0.850. The predicted octanol–water partition coefficient (Wildman–Crippen LogP) is 4.83. The molecule has 1 atom stereocenters. The van der Waals surface area contributed by atoms with Gasteiger partial charge in [0.15, 0.2) is 0 Å². The van der Waals surface area contributed by atoms with E-state index >= 15 is 0 Å². The number of rotatable bonds is 4. The van der Waals surface area contributed by atoms with E-state index in [1.165, 1.54) is 4.88 Å². The number of aliphatic hydroxyl groups is 1. The second-order valence-electron chi connectivity index (χ2n) is 3.80. The molecule has 17 heavy (non-hydrogen) atoms. The summed E-state index contributed by atoms with van der Waals surface area (Å²) in [6, 6.07) is 9.66. The van der Waals surface area contributed by atoms with E-state index in [1.54, 1.807) is 17.4 Å². The number of benzene rings is 1. The molecule has 2 aromatic rings. The van der Waals surface area contributed by atoms with Crippen molar-refractivity contribution in [3.05, 3.63) is 55.6 Å². The summed E-state index contributed by atoms with van der Waals surface area (Å²) in [4.78, 5) is 1.29. The molecule has 0 saturated carbocycles. The highest BCUT2D eigenvalue weighted by Crippen LogP contribution is 2.29. The van der Waals surface area contributed by atoms with Crippen LogP contribution in [0.2, 0.25) is 5.02 Å². The molecular weight excluding hydrogens is 320 g/mol. The van der Waals surface area contributed by atoms with E-state index in [-0.39, 0.29) is 0 Å². The van der Waals surface area contributed by atoms with Crippen LogP contribution in [0.3, 0.4) is 0 Å². The Balaban J connectivity index is 2.04. The zero-order valence-corrected chi connectivity index (χ0v) is 12.2. The van der Waals surface area contributed by atoms with Crippen LogP contribution in [0.4, 0.5) is 0 Å². The lowest BCUT2D eigenvalue weighted by atomic mass is 10.0. The molecule has 90 valence electrons. The Bertz CT molecular complexity index is 484. The van der Waals surface area contributed by atoms with Crippen LogP contribution in [0.15, 0.2) is 40.2 Å². The second-order valence-corrected chi connectivity index (χ2v) is 6.15. The fourth-order valence-electron chi connectivity index (χ4n) is 1.66. The van der Waals surface area contributed by atoms with Crippen LogP contribution in [-0.2, 0) is 6.42 Å². The maximum absolute atomic E-state index is 10.1. The molecular formula is C13H12BrClOS. The van der Waals surface area contributed by atoms with Gasteiger partial charge >= 0.3 is 0 Å². The maximum atomic E-state index is 10.1. The molecule has 4 heteroatoms. The summed E-state index contributed by atoms with van der Waals surface area (Å²) in [6.07, 6.45) is 1.06. The molecule has 0 amide bonds. The fourth-order valence-corrected chi connectivity index (χ4v) is 3.01. The zero-order valence-electron chi connectivity index (χ0n) is 9.07. The van der Waals surface area contributed by atoms with Crippen molar-refractivity contribution in [3.8, 4) is 0 Å². The van der Waals surface area contributed by atoms with E-state index in [0.29, 0.717) is 11.4 Å². The van der Waals surface area contributed by atoms with Crippen LogP contribution in [0.1, 0.15) is 23.0 Å². The monoisotopic (exact) mass is 330 g/mol.